The minimum absolute atomic E-state index is 0.0595. The third kappa shape index (κ3) is 2.50. The normalized spacial score (nSPS) is 38.8. The fourth-order valence-electron chi connectivity index (χ4n) is 7.54. The largest absolute Gasteiger partial charge is 0.395 e. The lowest BCUT2D eigenvalue weighted by molar-refractivity contribution is -0.0399. The van der Waals surface area contributed by atoms with Crippen LogP contribution in [0.15, 0.2) is 54.3 Å². The quantitative estimate of drug-likeness (QED) is 0.710. The molecule has 0 aliphatic heterocycles. The lowest BCUT2D eigenvalue weighted by Gasteiger charge is -2.55. The minimum atomic E-state index is -0.212. The summed E-state index contributed by atoms with van der Waals surface area (Å²) in [6, 6.07) is 10.9. The van der Waals surface area contributed by atoms with Gasteiger partial charge in [0.1, 0.15) is 0 Å². The molecule has 2 saturated carbocycles. The first kappa shape index (κ1) is 18.0. The molecular weight excluding hydrogens is 358 g/mol. The van der Waals surface area contributed by atoms with E-state index in [-0.39, 0.29) is 18.1 Å². The fourth-order valence-corrected chi connectivity index (χ4v) is 7.54. The number of hydrogen-bond acceptors (Lipinski definition) is 2. The molecule has 6 rings (SSSR count). The zero-order valence-electron chi connectivity index (χ0n) is 17.0. The van der Waals surface area contributed by atoms with Crippen LogP contribution in [0.3, 0.4) is 0 Å². The molecule has 29 heavy (non-hydrogen) atoms. The van der Waals surface area contributed by atoms with Gasteiger partial charge in [0.25, 0.3) is 0 Å². The van der Waals surface area contributed by atoms with Gasteiger partial charge in [-0.3, -0.25) is 0 Å². The number of hydrogen-bond donors (Lipinski definition) is 2. The van der Waals surface area contributed by atoms with Crippen LogP contribution in [0.2, 0.25) is 0 Å². The van der Waals surface area contributed by atoms with Gasteiger partial charge < -0.3 is 14.8 Å². The van der Waals surface area contributed by atoms with Crippen LogP contribution in [0, 0.1) is 29.1 Å². The predicted octanol–water partition coefficient (Wildman–Crippen LogP) is 5.00. The number of aromatic nitrogens is 1. The average Bonchev–Trinajstić information content (AvgIpc) is 3.37. The van der Waals surface area contributed by atoms with Crippen molar-refractivity contribution in [3.05, 3.63) is 54.3 Å². The molecule has 2 aromatic rings. The maximum atomic E-state index is 10.5. The number of para-hydroxylation sites is 1. The Labute approximate surface area is 172 Å². The van der Waals surface area contributed by atoms with E-state index in [1.807, 2.05) is 0 Å². The molecule has 3 nitrogen and oxygen atoms in total. The average molecular weight is 390 g/mol. The maximum Gasteiger partial charge on any atom is 0.0577 e. The third-order valence-corrected chi connectivity index (χ3v) is 8.88. The topological polar surface area (TPSA) is 45.4 Å². The van der Waals surface area contributed by atoms with Gasteiger partial charge in [0.2, 0.25) is 0 Å². The minimum Gasteiger partial charge on any atom is -0.395 e. The van der Waals surface area contributed by atoms with Crippen molar-refractivity contribution in [3.63, 3.8) is 0 Å². The van der Waals surface area contributed by atoms with Crippen molar-refractivity contribution in [2.75, 3.05) is 6.61 Å². The van der Waals surface area contributed by atoms with Crippen molar-refractivity contribution in [2.45, 2.75) is 51.0 Å². The fraction of sp³-hybridized carbons (Fsp3) is 0.538. The predicted molar refractivity (Wildman–Crippen MR) is 116 cm³/mol. The lowest BCUT2D eigenvalue weighted by Crippen LogP contribution is -2.50. The van der Waals surface area contributed by atoms with Gasteiger partial charge in [-0.15, -0.1) is 0 Å². The Morgan fingerprint density at radius 3 is 2.76 bits per heavy atom. The number of aliphatic hydroxyl groups excluding tert-OH is 2. The van der Waals surface area contributed by atoms with Gasteiger partial charge in [-0.05, 0) is 80.2 Å². The molecule has 4 aliphatic rings. The van der Waals surface area contributed by atoms with Gasteiger partial charge >= 0.3 is 0 Å². The van der Waals surface area contributed by atoms with Crippen molar-refractivity contribution >= 4 is 16.6 Å². The van der Waals surface area contributed by atoms with Gasteiger partial charge in [0.15, 0.2) is 0 Å². The number of fused-ring (bicyclic) bond motifs is 6. The first-order chi connectivity index (χ1) is 14.2. The van der Waals surface area contributed by atoms with Crippen LogP contribution in [0.1, 0.15) is 44.9 Å². The van der Waals surface area contributed by atoms with Gasteiger partial charge in [-0.1, -0.05) is 35.9 Å². The number of rotatable bonds is 2. The molecule has 1 aromatic carbocycles. The number of nitrogens with zero attached hydrogens (tertiary/aromatic N) is 1. The Morgan fingerprint density at radius 1 is 1.00 bits per heavy atom. The van der Waals surface area contributed by atoms with E-state index < -0.39 is 0 Å². The first-order valence-corrected chi connectivity index (χ1v) is 11.5. The molecule has 4 unspecified atom stereocenters. The van der Waals surface area contributed by atoms with Gasteiger partial charge in [-0.2, -0.15) is 0 Å². The molecule has 3 heteroatoms. The van der Waals surface area contributed by atoms with Crippen LogP contribution < -0.4 is 0 Å². The summed E-state index contributed by atoms with van der Waals surface area (Å²) in [5.41, 5.74) is 4.12. The summed E-state index contributed by atoms with van der Waals surface area (Å²) in [7, 11) is 0. The monoisotopic (exact) mass is 389 g/mol. The van der Waals surface area contributed by atoms with Crippen LogP contribution in [-0.2, 0) is 0 Å². The van der Waals surface area contributed by atoms with E-state index in [0.29, 0.717) is 23.7 Å². The van der Waals surface area contributed by atoms with E-state index >= 15 is 0 Å². The summed E-state index contributed by atoms with van der Waals surface area (Å²) < 4.78 is 2.43. The van der Waals surface area contributed by atoms with E-state index in [4.69, 9.17) is 0 Å². The highest BCUT2D eigenvalue weighted by molar-refractivity contribution is 5.83. The lowest BCUT2D eigenvalue weighted by atomic mass is 9.50. The number of aliphatic hydroxyl groups is 2. The second kappa shape index (κ2) is 6.58. The smallest absolute Gasteiger partial charge is 0.0577 e. The molecule has 1 aromatic heterocycles. The highest BCUT2D eigenvalue weighted by Gasteiger charge is 2.54. The molecule has 0 spiro atoms. The summed E-state index contributed by atoms with van der Waals surface area (Å²) in [5, 5.41) is 22.0. The summed E-state index contributed by atoms with van der Waals surface area (Å²) in [6.45, 7) is 0.257. The Bertz CT molecular complexity index is 1000. The molecular formula is C26H31NO2. The first-order valence-electron chi connectivity index (χ1n) is 11.5. The Kier molecular flexibility index (Phi) is 4.08. The standard InChI is InChI=1S/C26H31NO2/c28-16-26-13-11-19(29)15-18(26)5-6-21-20-8-10-25(22(20)7-9-23(21)26)27-14-12-17-3-1-2-4-24(17)27/h1-5,10,12,14,19-23,28-29H,6-9,11,13,15-16H2/t19-,20?,21?,22?,23?,26+/m0/s1. The Hall–Kier alpha value is -1.84. The molecule has 0 radical (unpaired) electrons. The third-order valence-electron chi connectivity index (χ3n) is 8.88. The zero-order chi connectivity index (χ0) is 19.6. The van der Waals surface area contributed by atoms with Gasteiger partial charge in [0, 0.05) is 23.2 Å². The zero-order valence-corrected chi connectivity index (χ0v) is 17.0. The summed E-state index contributed by atoms with van der Waals surface area (Å²) in [4.78, 5) is 0. The van der Waals surface area contributed by atoms with Crippen molar-refractivity contribution in [3.8, 4) is 0 Å². The van der Waals surface area contributed by atoms with E-state index in [1.165, 1.54) is 41.4 Å². The summed E-state index contributed by atoms with van der Waals surface area (Å²) in [6.07, 6.45) is 14.2. The van der Waals surface area contributed by atoms with Crippen LogP contribution in [0.25, 0.3) is 16.6 Å². The second-order valence-electron chi connectivity index (χ2n) is 9.90. The maximum absolute atomic E-state index is 10.5. The SMILES string of the molecule is OC[C@]12CC[C@H](O)CC1=CCC1C3CC=C(n4ccc5ccccc54)C3CCC12. The van der Waals surface area contributed by atoms with Crippen molar-refractivity contribution in [2.24, 2.45) is 29.1 Å². The molecule has 6 atom stereocenters. The van der Waals surface area contributed by atoms with E-state index in [0.717, 1.165) is 25.7 Å². The van der Waals surface area contributed by atoms with Crippen molar-refractivity contribution in [1.29, 1.82) is 0 Å². The van der Waals surface area contributed by atoms with Crippen LogP contribution in [0.5, 0.6) is 0 Å². The van der Waals surface area contributed by atoms with Gasteiger partial charge in [-0.25, -0.2) is 0 Å². The Balaban J connectivity index is 1.33. The molecule has 1 heterocycles. The molecule has 0 amide bonds. The highest BCUT2D eigenvalue weighted by atomic mass is 16.3. The second-order valence-corrected chi connectivity index (χ2v) is 9.90. The van der Waals surface area contributed by atoms with Crippen LogP contribution in [0.4, 0.5) is 0 Å². The molecule has 0 bridgehead atoms. The Morgan fingerprint density at radius 2 is 1.86 bits per heavy atom. The molecule has 2 N–H and O–H groups in total. The molecule has 152 valence electrons. The number of allylic oxidation sites excluding steroid dienone is 3. The van der Waals surface area contributed by atoms with E-state index in [1.54, 1.807) is 0 Å². The number of benzene rings is 1. The van der Waals surface area contributed by atoms with Crippen LogP contribution >= 0.6 is 0 Å². The van der Waals surface area contributed by atoms with Crippen LogP contribution in [-0.4, -0.2) is 27.5 Å². The van der Waals surface area contributed by atoms with Crippen molar-refractivity contribution in [1.82, 2.24) is 4.57 Å². The van der Waals surface area contributed by atoms with E-state index in [2.05, 4.69) is 53.2 Å². The summed E-state index contributed by atoms with van der Waals surface area (Å²) in [5.74, 6) is 2.57. The molecule has 0 saturated heterocycles. The van der Waals surface area contributed by atoms with Gasteiger partial charge in [0.05, 0.1) is 18.2 Å². The molecule has 4 aliphatic carbocycles. The van der Waals surface area contributed by atoms with Crippen molar-refractivity contribution < 1.29 is 10.2 Å². The summed E-state index contributed by atoms with van der Waals surface area (Å²) >= 11 is 0. The highest BCUT2D eigenvalue weighted by Crippen LogP contribution is 2.61. The van der Waals surface area contributed by atoms with E-state index in [9.17, 15) is 10.2 Å². The molecule has 2 fully saturated rings.